The largest absolute Gasteiger partial charge is 0.478 e. The summed E-state index contributed by atoms with van der Waals surface area (Å²) in [4.78, 5) is 8.11. The number of aromatic amines is 1. The quantitative estimate of drug-likeness (QED) is 0.561. The topological polar surface area (TPSA) is 85.5 Å². The first-order valence-corrected chi connectivity index (χ1v) is 7.95. The van der Waals surface area contributed by atoms with Gasteiger partial charge in [0, 0.05) is 5.56 Å². The molecule has 0 unspecified atom stereocenters. The normalized spacial score (nSPS) is 11.0. The van der Waals surface area contributed by atoms with E-state index in [0.29, 0.717) is 15.8 Å². The van der Waals surface area contributed by atoms with E-state index in [1.165, 1.54) is 11.8 Å². The van der Waals surface area contributed by atoms with Crippen LogP contribution in [0.25, 0.3) is 17.1 Å². The van der Waals surface area contributed by atoms with Gasteiger partial charge in [-0.05, 0) is 36.0 Å². The molecule has 5 nitrogen and oxygen atoms in total. The standard InChI is InChI=1S/C18H12N4OS/c19-9-10-23-17-8-4-1-5-13(17)11-14(12-20)24-18-21-15-6-2-3-7-16(15)22-18/h1-8,11H,10H2,(H,21,22)/b14-11+. The van der Waals surface area contributed by atoms with Crippen LogP contribution in [0.4, 0.5) is 0 Å². The minimum Gasteiger partial charge on any atom is -0.478 e. The molecule has 3 aromatic rings. The maximum Gasteiger partial charge on any atom is 0.174 e. The molecule has 0 bridgehead atoms. The Labute approximate surface area is 143 Å². The predicted molar refractivity (Wildman–Crippen MR) is 93.1 cm³/mol. The number of aromatic nitrogens is 2. The highest BCUT2D eigenvalue weighted by Gasteiger charge is 2.08. The third kappa shape index (κ3) is 3.57. The number of H-pyrrole nitrogens is 1. The highest BCUT2D eigenvalue weighted by molar-refractivity contribution is 8.03. The Balaban J connectivity index is 1.87. The van der Waals surface area contributed by atoms with Crippen LogP contribution < -0.4 is 4.74 Å². The molecule has 0 saturated carbocycles. The average Bonchev–Trinajstić information content (AvgIpc) is 3.02. The fraction of sp³-hybridized carbons (Fsp3) is 0.0556. The Morgan fingerprint density at radius 2 is 1.96 bits per heavy atom. The summed E-state index contributed by atoms with van der Waals surface area (Å²) < 4.78 is 5.38. The van der Waals surface area contributed by atoms with Crippen LogP contribution >= 0.6 is 11.8 Å². The second-order valence-electron chi connectivity index (χ2n) is 4.77. The molecule has 0 aliphatic rings. The highest BCUT2D eigenvalue weighted by atomic mass is 32.2. The summed E-state index contributed by atoms with van der Waals surface area (Å²) in [6.45, 7) is -0.0382. The molecular formula is C18H12N4OS. The maximum absolute atomic E-state index is 9.42. The summed E-state index contributed by atoms with van der Waals surface area (Å²) in [6.07, 6.45) is 1.73. The zero-order chi connectivity index (χ0) is 16.8. The fourth-order valence-corrected chi connectivity index (χ4v) is 2.89. The summed E-state index contributed by atoms with van der Waals surface area (Å²) in [6, 6.07) is 19.1. The third-order valence-corrected chi connectivity index (χ3v) is 4.00. The van der Waals surface area contributed by atoms with Crippen molar-refractivity contribution in [3.63, 3.8) is 0 Å². The number of nitrogens with zero attached hydrogens (tertiary/aromatic N) is 3. The van der Waals surface area contributed by atoms with E-state index in [1.807, 2.05) is 48.5 Å². The second-order valence-corrected chi connectivity index (χ2v) is 5.80. The number of hydrogen-bond donors (Lipinski definition) is 1. The van der Waals surface area contributed by atoms with Gasteiger partial charge in [0.25, 0.3) is 0 Å². The number of hydrogen-bond acceptors (Lipinski definition) is 5. The van der Waals surface area contributed by atoms with Crippen LogP contribution in [0.1, 0.15) is 5.56 Å². The number of rotatable bonds is 5. The molecule has 3 rings (SSSR count). The van der Waals surface area contributed by atoms with Crippen molar-refractivity contribution in [2.45, 2.75) is 5.16 Å². The molecule has 1 N–H and O–H groups in total. The number of benzene rings is 2. The van der Waals surface area contributed by atoms with Gasteiger partial charge in [0.1, 0.15) is 17.9 Å². The smallest absolute Gasteiger partial charge is 0.174 e. The van der Waals surface area contributed by atoms with Gasteiger partial charge in [0.2, 0.25) is 0 Å². The lowest BCUT2D eigenvalue weighted by Gasteiger charge is -2.05. The molecular weight excluding hydrogens is 320 g/mol. The van der Waals surface area contributed by atoms with Gasteiger partial charge >= 0.3 is 0 Å². The lowest BCUT2D eigenvalue weighted by atomic mass is 10.2. The number of fused-ring (bicyclic) bond motifs is 1. The molecule has 6 heteroatoms. The SMILES string of the molecule is N#CCOc1ccccc1/C=C(\C#N)Sc1nc2ccccc2[nH]1. The number of imidazole rings is 1. The van der Waals surface area contributed by atoms with Gasteiger partial charge in [0.05, 0.1) is 15.9 Å². The van der Waals surface area contributed by atoms with Gasteiger partial charge in [0.15, 0.2) is 11.8 Å². The minimum atomic E-state index is -0.0382. The van der Waals surface area contributed by atoms with E-state index in [9.17, 15) is 5.26 Å². The van der Waals surface area contributed by atoms with E-state index in [-0.39, 0.29) is 6.61 Å². The first kappa shape index (κ1) is 15.7. The average molecular weight is 332 g/mol. The van der Waals surface area contributed by atoms with E-state index < -0.39 is 0 Å². The van der Waals surface area contributed by atoms with Crippen molar-refractivity contribution in [1.29, 1.82) is 10.5 Å². The number of nitriles is 2. The summed E-state index contributed by atoms with van der Waals surface area (Å²) in [7, 11) is 0. The van der Waals surface area contributed by atoms with Crippen molar-refractivity contribution in [3.8, 4) is 17.9 Å². The van der Waals surface area contributed by atoms with E-state index in [2.05, 4.69) is 16.0 Å². The molecule has 0 saturated heterocycles. The van der Waals surface area contributed by atoms with E-state index in [0.717, 1.165) is 16.6 Å². The summed E-state index contributed by atoms with van der Waals surface area (Å²) in [5.41, 5.74) is 2.53. The third-order valence-electron chi connectivity index (χ3n) is 3.18. The van der Waals surface area contributed by atoms with Gasteiger partial charge < -0.3 is 9.72 Å². The molecule has 24 heavy (non-hydrogen) atoms. The van der Waals surface area contributed by atoms with Crippen LogP contribution in [0, 0.1) is 22.7 Å². The molecule has 0 aliphatic heterocycles. The molecule has 0 spiro atoms. The Morgan fingerprint density at radius 3 is 2.75 bits per heavy atom. The number of para-hydroxylation sites is 3. The predicted octanol–water partition coefficient (Wildman–Crippen LogP) is 4.12. The summed E-state index contributed by atoms with van der Waals surface area (Å²) >= 11 is 1.25. The molecule has 1 aromatic heterocycles. The number of ether oxygens (including phenoxy) is 1. The molecule has 0 fully saturated rings. The van der Waals surface area contributed by atoms with Crippen molar-refractivity contribution in [2.75, 3.05) is 6.61 Å². The molecule has 2 aromatic carbocycles. The van der Waals surface area contributed by atoms with Gasteiger partial charge in [-0.15, -0.1) is 0 Å². The lowest BCUT2D eigenvalue weighted by Crippen LogP contribution is -1.95. The van der Waals surface area contributed by atoms with Gasteiger partial charge in [-0.1, -0.05) is 30.3 Å². The van der Waals surface area contributed by atoms with Crippen LogP contribution in [0.15, 0.2) is 58.6 Å². The first-order chi connectivity index (χ1) is 11.8. The Kier molecular flexibility index (Phi) is 4.81. The number of thioether (sulfide) groups is 1. The molecule has 116 valence electrons. The van der Waals surface area contributed by atoms with Crippen molar-refractivity contribution in [3.05, 3.63) is 59.0 Å². The van der Waals surface area contributed by atoms with Crippen molar-refractivity contribution in [1.82, 2.24) is 9.97 Å². The second kappa shape index (κ2) is 7.36. The van der Waals surface area contributed by atoms with E-state index >= 15 is 0 Å². The van der Waals surface area contributed by atoms with E-state index in [1.54, 1.807) is 12.1 Å². The molecule has 0 atom stereocenters. The van der Waals surface area contributed by atoms with Crippen molar-refractivity contribution < 1.29 is 4.74 Å². The molecule has 0 radical (unpaired) electrons. The van der Waals surface area contributed by atoms with Gasteiger partial charge in [-0.3, -0.25) is 0 Å². The van der Waals surface area contributed by atoms with E-state index in [4.69, 9.17) is 10.00 Å². The van der Waals surface area contributed by atoms with Crippen molar-refractivity contribution in [2.24, 2.45) is 0 Å². The maximum atomic E-state index is 9.42. The van der Waals surface area contributed by atoms with Crippen LogP contribution in [-0.4, -0.2) is 16.6 Å². The first-order valence-electron chi connectivity index (χ1n) is 7.13. The van der Waals surface area contributed by atoms with Crippen LogP contribution in [0.5, 0.6) is 5.75 Å². The zero-order valence-corrected chi connectivity index (χ0v) is 13.4. The number of nitrogens with one attached hydrogen (secondary N) is 1. The van der Waals surface area contributed by atoms with Crippen LogP contribution in [0.2, 0.25) is 0 Å². The Bertz CT molecular complexity index is 945. The lowest BCUT2D eigenvalue weighted by molar-refractivity contribution is 0.367. The fourth-order valence-electron chi connectivity index (χ4n) is 2.15. The zero-order valence-electron chi connectivity index (χ0n) is 12.6. The minimum absolute atomic E-state index is 0.0382. The molecule has 1 heterocycles. The molecule has 0 aliphatic carbocycles. The Hall–Kier alpha value is -3.22. The Morgan fingerprint density at radius 1 is 1.17 bits per heavy atom. The van der Waals surface area contributed by atoms with Gasteiger partial charge in [-0.2, -0.15) is 10.5 Å². The van der Waals surface area contributed by atoms with Gasteiger partial charge in [-0.25, -0.2) is 4.98 Å². The summed E-state index contributed by atoms with van der Waals surface area (Å²) in [5, 5.41) is 18.7. The molecule has 0 amide bonds. The highest BCUT2D eigenvalue weighted by Crippen LogP contribution is 2.29. The van der Waals surface area contributed by atoms with Crippen molar-refractivity contribution >= 4 is 28.9 Å². The van der Waals surface area contributed by atoms with Crippen LogP contribution in [0.3, 0.4) is 0 Å². The summed E-state index contributed by atoms with van der Waals surface area (Å²) in [5.74, 6) is 0.567. The monoisotopic (exact) mass is 332 g/mol. The van der Waals surface area contributed by atoms with Crippen LogP contribution in [-0.2, 0) is 0 Å². The number of allylic oxidation sites excluding steroid dienone is 1.